The van der Waals surface area contributed by atoms with Crippen LogP contribution in [0.2, 0.25) is 0 Å². The predicted molar refractivity (Wildman–Crippen MR) is 60.3 cm³/mol. The van der Waals surface area contributed by atoms with Crippen LogP contribution >= 0.6 is 0 Å². The molecular weight excluding hydrogens is 265 g/mol. The first-order valence-electron chi connectivity index (χ1n) is 6.00. The molecule has 1 aliphatic heterocycles. The van der Waals surface area contributed by atoms with Crippen molar-refractivity contribution in [1.29, 1.82) is 0 Å². The number of methoxy groups -OCH3 is 1. The summed E-state index contributed by atoms with van der Waals surface area (Å²) in [6.45, 7) is -1.30. The van der Waals surface area contributed by atoms with Crippen molar-refractivity contribution in [2.75, 3.05) is 26.7 Å². The Kier molecular flexibility index (Phi) is 5.59. The number of ether oxygens (including phenoxy) is 1. The molecule has 0 aromatic heterocycles. The number of esters is 1. The zero-order chi connectivity index (χ0) is 14.5. The number of hydrogen-bond donors (Lipinski definition) is 1. The van der Waals surface area contributed by atoms with Crippen LogP contribution in [0.3, 0.4) is 0 Å². The van der Waals surface area contributed by atoms with Gasteiger partial charge in [0.25, 0.3) is 0 Å². The van der Waals surface area contributed by atoms with Gasteiger partial charge >= 0.3 is 12.1 Å². The lowest BCUT2D eigenvalue weighted by Gasteiger charge is -2.33. The first-order chi connectivity index (χ1) is 8.85. The Bertz CT molecular complexity index is 334. The van der Waals surface area contributed by atoms with Crippen LogP contribution in [0, 0.1) is 0 Å². The van der Waals surface area contributed by atoms with E-state index in [0.29, 0.717) is 13.0 Å². The minimum atomic E-state index is -4.36. The maximum atomic E-state index is 11.9. The van der Waals surface area contributed by atoms with E-state index in [1.165, 1.54) is 12.0 Å². The summed E-state index contributed by atoms with van der Waals surface area (Å²) in [6, 6.07) is -0.682. The van der Waals surface area contributed by atoms with E-state index in [-0.39, 0.29) is 0 Å². The predicted octanol–water partition coefficient (Wildman–Crippen LogP) is 0.692. The summed E-state index contributed by atoms with van der Waals surface area (Å²) in [4.78, 5) is 24.6. The molecule has 1 saturated heterocycles. The molecule has 1 unspecified atom stereocenters. The van der Waals surface area contributed by atoms with Gasteiger partial charge in [0.2, 0.25) is 5.91 Å². The zero-order valence-corrected chi connectivity index (χ0v) is 10.6. The van der Waals surface area contributed by atoms with Crippen LogP contribution in [0.5, 0.6) is 0 Å². The molecule has 0 aromatic carbocycles. The van der Waals surface area contributed by atoms with Crippen molar-refractivity contribution in [2.24, 2.45) is 0 Å². The van der Waals surface area contributed by atoms with Gasteiger partial charge in [0.1, 0.15) is 6.04 Å². The molecule has 1 rings (SSSR count). The third-order valence-electron chi connectivity index (χ3n) is 2.90. The van der Waals surface area contributed by atoms with E-state index < -0.39 is 37.2 Å². The molecule has 0 spiro atoms. The quantitative estimate of drug-likeness (QED) is 0.771. The average molecular weight is 282 g/mol. The van der Waals surface area contributed by atoms with Gasteiger partial charge in [-0.25, -0.2) is 4.79 Å². The monoisotopic (exact) mass is 282 g/mol. The van der Waals surface area contributed by atoms with Crippen molar-refractivity contribution >= 4 is 11.9 Å². The van der Waals surface area contributed by atoms with Gasteiger partial charge < -0.3 is 15.0 Å². The molecule has 19 heavy (non-hydrogen) atoms. The topological polar surface area (TPSA) is 58.6 Å². The van der Waals surface area contributed by atoms with Crippen molar-refractivity contribution in [3.05, 3.63) is 0 Å². The number of nitrogens with zero attached hydrogens (tertiary/aromatic N) is 1. The summed E-state index contributed by atoms with van der Waals surface area (Å²) >= 11 is 0. The second-order valence-electron chi connectivity index (χ2n) is 4.34. The second-order valence-corrected chi connectivity index (χ2v) is 4.34. The minimum absolute atomic E-state index is 0.367. The van der Waals surface area contributed by atoms with Crippen LogP contribution in [0.15, 0.2) is 0 Å². The Labute approximate surface area is 109 Å². The highest BCUT2D eigenvalue weighted by Gasteiger charge is 2.33. The minimum Gasteiger partial charge on any atom is -0.467 e. The van der Waals surface area contributed by atoms with Crippen LogP contribution in [-0.4, -0.2) is 55.7 Å². The average Bonchev–Trinajstić information content (AvgIpc) is 2.36. The first kappa shape index (κ1) is 15.7. The van der Waals surface area contributed by atoms with Gasteiger partial charge in [-0.3, -0.25) is 4.79 Å². The van der Waals surface area contributed by atoms with E-state index in [4.69, 9.17) is 0 Å². The molecule has 1 aliphatic rings. The van der Waals surface area contributed by atoms with Crippen molar-refractivity contribution in [3.63, 3.8) is 0 Å². The number of halogens is 3. The number of alkyl halides is 3. The van der Waals surface area contributed by atoms with Gasteiger partial charge in [0.15, 0.2) is 0 Å². The van der Waals surface area contributed by atoms with Crippen LogP contribution in [0.25, 0.3) is 0 Å². The Morgan fingerprint density at radius 2 is 2.05 bits per heavy atom. The molecule has 0 aromatic rings. The summed E-state index contributed by atoms with van der Waals surface area (Å²) < 4.78 is 40.4. The molecule has 0 saturated carbocycles. The van der Waals surface area contributed by atoms with E-state index in [2.05, 4.69) is 4.74 Å². The van der Waals surface area contributed by atoms with Crippen molar-refractivity contribution in [2.45, 2.75) is 31.5 Å². The standard InChI is InChI=1S/C11H17F3N2O3/c1-19-10(18)8-4-2-3-5-16(8)9(17)6-15-7-11(12,13)14/h8,15H,2-7H2,1H3. The highest BCUT2D eigenvalue weighted by molar-refractivity contribution is 5.85. The maximum absolute atomic E-state index is 11.9. The van der Waals surface area contributed by atoms with E-state index >= 15 is 0 Å². The second kappa shape index (κ2) is 6.74. The molecule has 1 heterocycles. The molecule has 1 amide bonds. The van der Waals surface area contributed by atoms with Crippen molar-refractivity contribution in [1.82, 2.24) is 10.2 Å². The number of carbonyl (C=O) groups is 2. The normalized spacial score (nSPS) is 20.2. The molecule has 1 fully saturated rings. The first-order valence-corrected chi connectivity index (χ1v) is 6.00. The van der Waals surface area contributed by atoms with Gasteiger partial charge in [0.05, 0.1) is 20.2 Å². The molecule has 0 bridgehead atoms. The Morgan fingerprint density at radius 3 is 2.63 bits per heavy atom. The lowest BCUT2D eigenvalue weighted by molar-refractivity contribution is -0.155. The number of piperidine rings is 1. The van der Waals surface area contributed by atoms with Gasteiger partial charge in [0, 0.05) is 6.54 Å². The van der Waals surface area contributed by atoms with Gasteiger partial charge in [-0.1, -0.05) is 0 Å². The number of likely N-dealkylation sites (tertiary alicyclic amines) is 1. The Balaban J connectivity index is 2.50. The third-order valence-corrected chi connectivity index (χ3v) is 2.90. The number of nitrogens with one attached hydrogen (secondary N) is 1. The third kappa shape index (κ3) is 5.06. The fourth-order valence-electron chi connectivity index (χ4n) is 2.02. The van der Waals surface area contributed by atoms with Crippen LogP contribution in [0.1, 0.15) is 19.3 Å². The summed E-state index contributed by atoms with van der Waals surface area (Å²) in [5.41, 5.74) is 0. The van der Waals surface area contributed by atoms with Crippen LogP contribution in [0.4, 0.5) is 13.2 Å². The molecule has 8 heteroatoms. The van der Waals surface area contributed by atoms with E-state index in [9.17, 15) is 22.8 Å². The van der Waals surface area contributed by atoms with Gasteiger partial charge in [-0.05, 0) is 19.3 Å². The Morgan fingerprint density at radius 1 is 1.37 bits per heavy atom. The molecule has 1 atom stereocenters. The molecule has 0 aliphatic carbocycles. The largest absolute Gasteiger partial charge is 0.467 e. The highest BCUT2D eigenvalue weighted by atomic mass is 19.4. The van der Waals surface area contributed by atoms with E-state index in [0.717, 1.165) is 12.8 Å². The molecule has 0 radical (unpaired) electrons. The summed E-state index contributed by atoms with van der Waals surface area (Å²) in [5, 5.41) is 2.03. The van der Waals surface area contributed by atoms with Gasteiger partial charge in [-0.15, -0.1) is 0 Å². The number of carbonyl (C=O) groups excluding carboxylic acids is 2. The summed E-state index contributed by atoms with van der Waals surface area (Å²) in [6.07, 6.45) is -2.35. The number of rotatable bonds is 4. The van der Waals surface area contributed by atoms with Crippen LogP contribution in [-0.2, 0) is 14.3 Å². The smallest absolute Gasteiger partial charge is 0.401 e. The summed E-state index contributed by atoms with van der Waals surface area (Å²) in [5.74, 6) is -1.04. The van der Waals surface area contributed by atoms with Crippen LogP contribution < -0.4 is 5.32 Å². The fraction of sp³-hybridized carbons (Fsp3) is 0.818. The molecule has 110 valence electrons. The SMILES string of the molecule is COC(=O)C1CCCCN1C(=O)CNCC(F)(F)F. The molecule has 5 nitrogen and oxygen atoms in total. The lowest BCUT2D eigenvalue weighted by Crippen LogP contribution is -2.51. The molecule has 1 N–H and O–H groups in total. The van der Waals surface area contributed by atoms with E-state index in [1.807, 2.05) is 5.32 Å². The lowest BCUT2D eigenvalue weighted by atomic mass is 10.0. The fourth-order valence-corrected chi connectivity index (χ4v) is 2.02. The van der Waals surface area contributed by atoms with E-state index in [1.54, 1.807) is 0 Å². The molecular formula is C11H17F3N2O3. The maximum Gasteiger partial charge on any atom is 0.401 e. The Hall–Kier alpha value is -1.31. The van der Waals surface area contributed by atoms with Crippen molar-refractivity contribution < 1.29 is 27.5 Å². The zero-order valence-electron chi connectivity index (χ0n) is 10.6. The summed E-state index contributed by atoms with van der Waals surface area (Å²) in [7, 11) is 1.22. The van der Waals surface area contributed by atoms with Gasteiger partial charge in [-0.2, -0.15) is 13.2 Å². The highest BCUT2D eigenvalue weighted by Crippen LogP contribution is 2.18. The number of hydrogen-bond acceptors (Lipinski definition) is 4. The van der Waals surface area contributed by atoms with Crippen molar-refractivity contribution in [3.8, 4) is 0 Å². The number of amides is 1.